The molecule has 1 unspecified atom stereocenters. The Morgan fingerprint density at radius 1 is 1.55 bits per heavy atom. The molecular weight excluding hydrogens is 260 g/mol. The number of aromatic nitrogens is 1. The average Bonchev–Trinajstić information content (AvgIpc) is 3.05. The van der Waals surface area contributed by atoms with Crippen molar-refractivity contribution < 1.29 is 19.1 Å². The second-order valence-electron chi connectivity index (χ2n) is 5.00. The Kier molecular flexibility index (Phi) is 3.31. The van der Waals surface area contributed by atoms with E-state index in [2.05, 4.69) is 4.98 Å². The number of aromatic carboxylic acids is 1. The van der Waals surface area contributed by atoms with Gasteiger partial charge in [0.25, 0.3) is 6.01 Å². The van der Waals surface area contributed by atoms with Gasteiger partial charge in [-0.15, -0.1) is 0 Å². The number of anilines is 1. The standard InChI is InChI=1S/C14H16N2O4/c1-16(8-10-3-2-6-19-10)14-15-11-5-4-9(13(17)18)7-12(11)20-14/h4-5,7,10H,2-3,6,8H2,1H3,(H,17,18). The summed E-state index contributed by atoms with van der Waals surface area (Å²) < 4.78 is 11.2. The first-order valence-corrected chi connectivity index (χ1v) is 6.60. The fourth-order valence-corrected chi connectivity index (χ4v) is 2.38. The third kappa shape index (κ3) is 2.46. The van der Waals surface area contributed by atoms with Crippen molar-refractivity contribution in [3.63, 3.8) is 0 Å². The van der Waals surface area contributed by atoms with Crippen molar-refractivity contribution in [3.05, 3.63) is 23.8 Å². The van der Waals surface area contributed by atoms with Crippen LogP contribution in [0.2, 0.25) is 0 Å². The molecule has 1 aromatic carbocycles. The van der Waals surface area contributed by atoms with Gasteiger partial charge in [-0.2, -0.15) is 4.98 Å². The summed E-state index contributed by atoms with van der Waals surface area (Å²) in [5.74, 6) is -0.974. The van der Waals surface area contributed by atoms with Gasteiger partial charge < -0.3 is 19.2 Å². The molecule has 1 N–H and O–H groups in total. The van der Waals surface area contributed by atoms with E-state index in [1.54, 1.807) is 6.07 Å². The second kappa shape index (κ2) is 5.13. The van der Waals surface area contributed by atoms with Crippen LogP contribution in [0.5, 0.6) is 0 Å². The number of hydrogen-bond donors (Lipinski definition) is 1. The summed E-state index contributed by atoms with van der Waals surface area (Å²) >= 11 is 0. The smallest absolute Gasteiger partial charge is 0.335 e. The Morgan fingerprint density at radius 2 is 2.40 bits per heavy atom. The summed E-state index contributed by atoms with van der Waals surface area (Å²) in [4.78, 5) is 17.2. The van der Waals surface area contributed by atoms with Crippen molar-refractivity contribution in [3.8, 4) is 0 Å². The summed E-state index contributed by atoms with van der Waals surface area (Å²) in [5.41, 5.74) is 1.34. The van der Waals surface area contributed by atoms with Crippen LogP contribution in [0.4, 0.5) is 6.01 Å². The van der Waals surface area contributed by atoms with E-state index in [1.165, 1.54) is 12.1 Å². The number of carboxylic acid groups (broad SMARTS) is 1. The molecule has 0 aliphatic carbocycles. The zero-order valence-electron chi connectivity index (χ0n) is 11.2. The van der Waals surface area contributed by atoms with Crippen LogP contribution >= 0.6 is 0 Å². The summed E-state index contributed by atoms with van der Waals surface area (Å²) in [5, 5.41) is 8.96. The molecule has 0 bridgehead atoms. The molecule has 1 saturated heterocycles. The second-order valence-corrected chi connectivity index (χ2v) is 5.00. The van der Waals surface area contributed by atoms with Crippen molar-refractivity contribution in [2.75, 3.05) is 25.1 Å². The quantitative estimate of drug-likeness (QED) is 0.922. The first kappa shape index (κ1) is 12.9. The number of hydrogen-bond acceptors (Lipinski definition) is 5. The molecule has 2 heterocycles. The van der Waals surface area contributed by atoms with Crippen molar-refractivity contribution in [1.29, 1.82) is 0 Å². The highest BCUT2D eigenvalue weighted by atomic mass is 16.5. The minimum absolute atomic E-state index is 0.196. The topological polar surface area (TPSA) is 75.8 Å². The highest BCUT2D eigenvalue weighted by Gasteiger charge is 2.20. The molecule has 1 fully saturated rings. The Balaban J connectivity index is 1.82. The molecular formula is C14H16N2O4. The van der Waals surface area contributed by atoms with E-state index in [0.717, 1.165) is 26.0 Å². The SMILES string of the molecule is CN(CC1CCCO1)c1nc2ccc(C(=O)O)cc2o1. The summed E-state index contributed by atoms with van der Waals surface area (Å²) in [6.07, 6.45) is 2.35. The van der Waals surface area contributed by atoms with Crippen molar-refractivity contribution in [1.82, 2.24) is 4.98 Å². The van der Waals surface area contributed by atoms with Gasteiger partial charge >= 0.3 is 5.97 Å². The lowest BCUT2D eigenvalue weighted by Gasteiger charge is -2.18. The molecule has 6 heteroatoms. The number of likely N-dealkylation sites (N-methyl/N-ethyl adjacent to an activating group) is 1. The highest BCUT2D eigenvalue weighted by Crippen LogP contribution is 2.23. The zero-order chi connectivity index (χ0) is 14.1. The van der Waals surface area contributed by atoms with E-state index >= 15 is 0 Å². The minimum atomic E-state index is -0.974. The Morgan fingerprint density at radius 3 is 3.10 bits per heavy atom. The average molecular weight is 276 g/mol. The van der Waals surface area contributed by atoms with Gasteiger partial charge in [-0.25, -0.2) is 4.79 Å². The van der Waals surface area contributed by atoms with Gasteiger partial charge in [0.05, 0.1) is 11.7 Å². The van der Waals surface area contributed by atoms with Gasteiger partial charge in [0.2, 0.25) is 0 Å². The van der Waals surface area contributed by atoms with Gasteiger partial charge in [0.1, 0.15) is 5.52 Å². The van der Waals surface area contributed by atoms with Crippen LogP contribution in [0.1, 0.15) is 23.2 Å². The lowest BCUT2D eigenvalue weighted by Crippen LogP contribution is -2.28. The molecule has 3 rings (SSSR count). The minimum Gasteiger partial charge on any atom is -0.478 e. The van der Waals surface area contributed by atoms with E-state index in [0.29, 0.717) is 17.1 Å². The van der Waals surface area contributed by atoms with E-state index in [-0.39, 0.29) is 11.7 Å². The molecule has 1 aliphatic rings. The lowest BCUT2D eigenvalue weighted by molar-refractivity contribution is 0.0697. The number of ether oxygens (including phenoxy) is 1. The van der Waals surface area contributed by atoms with Crippen molar-refractivity contribution >= 4 is 23.1 Å². The highest BCUT2D eigenvalue weighted by molar-refractivity contribution is 5.92. The summed E-state index contributed by atoms with van der Waals surface area (Å²) in [6, 6.07) is 5.16. The molecule has 1 aromatic heterocycles. The predicted molar refractivity (Wildman–Crippen MR) is 73.2 cm³/mol. The van der Waals surface area contributed by atoms with E-state index in [4.69, 9.17) is 14.3 Å². The number of fused-ring (bicyclic) bond motifs is 1. The Labute approximate surface area is 116 Å². The van der Waals surface area contributed by atoms with Gasteiger partial charge in [-0.05, 0) is 31.0 Å². The molecule has 1 aliphatic heterocycles. The van der Waals surface area contributed by atoms with Crippen LogP contribution in [-0.4, -0.2) is 42.4 Å². The Bertz CT molecular complexity index is 631. The van der Waals surface area contributed by atoms with Crippen LogP contribution in [0, 0.1) is 0 Å². The van der Waals surface area contributed by atoms with Crippen LogP contribution in [0.15, 0.2) is 22.6 Å². The largest absolute Gasteiger partial charge is 0.478 e. The molecule has 106 valence electrons. The maximum absolute atomic E-state index is 10.9. The number of rotatable bonds is 4. The zero-order valence-corrected chi connectivity index (χ0v) is 11.2. The van der Waals surface area contributed by atoms with Gasteiger partial charge in [-0.3, -0.25) is 0 Å². The fraction of sp³-hybridized carbons (Fsp3) is 0.429. The Hall–Kier alpha value is -2.08. The van der Waals surface area contributed by atoms with Gasteiger partial charge in [0, 0.05) is 20.2 Å². The molecule has 1 atom stereocenters. The van der Waals surface area contributed by atoms with Crippen molar-refractivity contribution in [2.24, 2.45) is 0 Å². The number of benzene rings is 1. The maximum Gasteiger partial charge on any atom is 0.335 e. The lowest BCUT2D eigenvalue weighted by atomic mass is 10.2. The van der Waals surface area contributed by atoms with Crippen LogP contribution in [0.25, 0.3) is 11.1 Å². The molecule has 2 aromatic rings. The summed E-state index contributed by atoms with van der Waals surface area (Å²) in [6.45, 7) is 1.53. The van der Waals surface area contributed by atoms with Crippen LogP contribution < -0.4 is 4.90 Å². The van der Waals surface area contributed by atoms with Gasteiger partial charge in [0.15, 0.2) is 5.58 Å². The first-order valence-electron chi connectivity index (χ1n) is 6.60. The number of carboxylic acids is 1. The number of carbonyl (C=O) groups is 1. The van der Waals surface area contributed by atoms with E-state index < -0.39 is 5.97 Å². The molecule has 0 spiro atoms. The number of nitrogens with zero attached hydrogens (tertiary/aromatic N) is 2. The monoisotopic (exact) mass is 276 g/mol. The van der Waals surface area contributed by atoms with Crippen LogP contribution in [-0.2, 0) is 4.74 Å². The van der Waals surface area contributed by atoms with Crippen LogP contribution in [0.3, 0.4) is 0 Å². The summed E-state index contributed by atoms with van der Waals surface area (Å²) in [7, 11) is 1.89. The number of oxazole rings is 1. The van der Waals surface area contributed by atoms with E-state index in [1.807, 2.05) is 11.9 Å². The maximum atomic E-state index is 10.9. The van der Waals surface area contributed by atoms with Gasteiger partial charge in [-0.1, -0.05) is 0 Å². The molecule has 6 nitrogen and oxygen atoms in total. The van der Waals surface area contributed by atoms with Crippen molar-refractivity contribution in [2.45, 2.75) is 18.9 Å². The molecule has 20 heavy (non-hydrogen) atoms. The molecule has 0 radical (unpaired) electrons. The third-order valence-corrected chi connectivity index (χ3v) is 3.45. The predicted octanol–water partition coefficient (Wildman–Crippen LogP) is 2.14. The molecule has 0 saturated carbocycles. The third-order valence-electron chi connectivity index (χ3n) is 3.45. The molecule has 0 amide bonds. The van der Waals surface area contributed by atoms with E-state index in [9.17, 15) is 4.79 Å². The fourth-order valence-electron chi connectivity index (χ4n) is 2.38. The normalized spacial score (nSPS) is 18.6. The first-order chi connectivity index (χ1) is 9.63.